The fourth-order valence-corrected chi connectivity index (χ4v) is 3.16. The lowest BCUT2D eigenvalue weighted by Gasteiger charge is -2.05. The number of nitrogens with one attached hydrogen (secondary N) is 1. The van der Waals surface area contributed by atoms with Gasteiger partial charge in [-0.3, -0.25) is 4.79 Å². The van der Waals surface area contributed by atoms with Crippen LogP contribution in [-0.2, 0) is 11.2 Å². The molecule has 1 saturated heterocycles. The Bertz CT molecular complexity index is 375. The minimum absolute atomic E-state index is 0.339. The quantitative estimate of drug-likeness (QED) is 0.874. The average Bonchev–Trinajstić information content (AvgIpc) is 2.87. The molecule has 0 spiro atoms. The summed E-state index contributed by atoms with van der Waals surface area (Å²) >= 11 is 1.66. The zero-order valence-corrected chi connectivity index (χ0v) is 11.4. The summed E-state index contributed by atoms with van der Waals surface area (Å²) in [7, 11) is 0. The first-order valence-electron chi connectivity index (χ1n) is 6.30. The zero-order chi connectivity index (χ0) is 12.3. The highest BCUT2D eigenvalue weighted by atomic mass is 32.1. The highest BCUT2D eigenvalue weighted by molar-refractivity contribution is 7.11. The van der Waals surface area contributed by atoms with E-state index in [1.54, 1.807) is 11.3 Å². The fraction of sp³-hybridized carbons (Fsp3) is 0.692. The van der Waals surface area contributed by atoms with Gasteiger partial charge in [0.05, 0.1) is 12.1 Å². The number of hydrogen-bond acceptors (Lipinski definition) is 4. The smallest absolute Gasteiger partial charge is 0.139 e. The van der Waals surface area contributed by atoms with Crippen molar-refractivity contribution >= 4 is 17.1 Å². The van der Waals surface area contributed by atoms with Crippen LogP contribution in [0.2, 0.25) is 0 Å². The Morgan fingerprint density at radius 1 is 1.53 bits per heavy atom. The van der Waals surface area contributed by atoms with Gasteiger partial charge in [0.2, 0.25) is 0 Å². The van der Waals surface area contributed by atoms with Crippen molar-refractivity contribution in [3.05, 3.63) is 15.6 Å². The summed E-state index contributed by atoms with van der Waals surface area (Å²) in [5.41, 5.74) is 1.07. The van der Waals surface area contributed by atoms with Crippen LogP contribution >= 0.6 is 11.3 Å². The van der Waals surface area contributed by atoms with Crippen LogP contribution in [0.4, 0.5) is 0 Å². The van der Waals surface area contributed by atoms with E-state index in [2.05, 4.69) is 17.2 Å². The number of aryl methyl sites for hydroxylation is 2. The number of hydrogen-bond donors (Lipinski definition) is 1. The molecular weight excluding hydrogens is 232 g/mol. The van der Waals surface area contributed by atoms with E-state index in [0.29, 0.717) is 24.5 Å². The molecule has 94 valence electrons. The third-order valence-corrected chi connectivity index (χ3v) is 4.49. The van der Waals surface area contributed by atoms with Crippen LogP contribution in [0.25, 0.3) is 0 Å². The molecule has 0 amide bonds. The first kappa shape index (κ1) is 12.7. The van der Waals surface area contributed by atoms with Crippen molar-refractivity contribution in [2.75, 3.05) is 13.1 Å². The van der Waals surface area contributed by atoms with E-state index >= 15 is 0 Å². The second-order valence-corrected chi connectivity index (χ2v) is 6.15. The molecule has 2 heterocycles. The number of Topliss-reactive ketones (excluding diaryl/α,β-unsaturated/α-hetero) is 1. The van der Waals surface area contributed by atoms with Crippen molar-refractivity contribution in [1.29, 1.82) is 0 Å². The molecule has 1 fully saturated rings. The molecule has 1 N–H and O–H groups in total. The summed E-state index contributed by atoms with van der Waals surface area (Å²) in [6.07, 6.45) is 3.50. The Morgan fingerprint density at radius 3 is 2.94 bits per heavy atom. The monoisotopic (exact) mass is 252 g/mol. The summed E-state index contributed by atoms with van der Waals surface area (Å²) in [4.78, 5) is 17.5. The molecule has 1 atom stereocenters. The first-order valence-corrected chi connectivity index (χ1v) is 7.12. The van der Waals surface area contributed by atoms with Gasteiger partial charge in [-0.05, 0) is 45.7 Å². The molecule has 0 radical (unpaired) electrons. The number of nitrogens with zero attached hydrogens (tertiary/aromatic N) is 1. The van der Waals surface area contributed by atoms with E-state index in [1.165, 1.54) is 11.3 Å². The van der Waals surface area contributed by atoms with Crippen LogP contribution in [0.5, 0.6) is 0 Å². The molecule has 0 saturated carbocycles. The summed E-state index contributed by atoms with van der Waals surface area (Å²) in [5.74, 6) is 1.05. The number of aromatic nitrogens is 1. The van der Waals surface area contributed by atoms with Gasteiger partial charge in [-0.2, -0.15) is 0 Å². The fourth-order valence-electron chi connectivity index (χ4n) is 2.20. The molecule has 3 nitrogen and oxygen atoms in total. The molecule has 1 aliphatic heterocycles. The summed E-state index contributed by atoms with van der Waals surface area (Å²) < 4.78 is 0. The van der Waals surface area contributed by atoms with Crippen molar-refractivity contribution < 1.29 is 4.79 Å². The van der Waals surface area contributed by atoms with Gasteiger partial charge in [0.25, 0.3) is 0 Å². The Hall–Kier alpha value is -0.740. The predicted octanol–water partition coefficient (Wildman–Crippen LogP) is 2.26. The van der Waals surface area contributed by atoms with Crippen molar-refractivity contribution in [3.8, 4) is 0 Å². The van der Waals surface area contributed by atoms with Crippen molar-refractivity contribution in [2.24, 2.45) is 5.92 Å². The molecule has 0 aromatic carbocycles. The summed E-state index contributed by atoms with van der Waals surface area (Å²) in [6.45, 7) is 6.27. The van der Waals surface area contributed by atoms with Gasteiger partial charge in [0, 0.05) is 11.3 Å². The standard InChI is InChI=1S/C13H20N2OS/c1-9-10(2)17-13(15-9)7-12(16)4-3-11-5-6-14-8-11/h11,14H,3-8H2,1-2H3. The SMILES string of the molecule is Cc1nc(CC(=O)CCC2CCNC2)sc1C. The maximum Gasteiger partial charge on any atom is 0.139 e. The highest BCUT2D eigenvalue weighted by Gasteiger charge is 2.16. The molecule has 17 heavy (non-hydrogen) atoms. The number of thiazole rings is 1. The van der Waals surface area contributed by atoms with E-state index in [9.17, 15) is 4.79 Å². The second-order valence-electron chi connectivity index (χ2n) is 4.86. The number of carbonyl (C=O) groups is 1. The molecule has 2 rings (SSSR count). The Balaban J connectivity index is 1.76. The van der Waals surface area contributed by atoms with Crippen molar-refractivity contribution in [3.63, 3.8) is 0 Å². The molecule has 0 aliphatic carbocycles. The Labute approximate surface area is 107 Å². The predicted molar refractivity (Wildman–Crippen MR) is 70.5 cm³/mol. The lowest BCUT2D eigenvalue weighted by atomic mass is 10.00. The van der Waals surface area contributed by atoms with Crippen LogP contribution < -0.4 is 5.32 Å². The molecule has 1 unspecified atom stereocenters. The molecule has 1 aromatic rings. The van der Waals surface area contributed by atoms with Gasteiger partial charge >= 0.3 is 0 Å². The van der Waals surface area contributed by atoms with Gasteiger partial charge in [-0.15, -0.1) is 11.3 Å². The minimum Gasteiger partial charge on any atom is -0.316 e. The molecule has 1 aliphatic rings. The molecule has 1 aromatic heterocycles. The lowest BCUT2D eigenvalue weighted by Crippen LogP contribution is -2.11. The van der Waals surface area contributed by atoms with Gasteiger partial charge in [-0.1, -0.05) is 0 Å². The normalized spacial score (nSPS) is 19.8. The van der Waals surface area contributed by atoms with Crippen LogP contribution in [0.15, 0.2) is 0 Å². The van der Waals surface area contributed by atoms with Crippen molar-refractivity contribution in [2.45, 2.75) is 39.5 Å². The Kier molecular flexibility index (Phi) is 4.29. The summed E-state index contributed by atoms with van der Waals surface area (Å²) in [5, 5.41) is 4.32. The zero-order valence-electron chi connectivity index (χ0n) is 10.6. The molecule has 4 heteroatoms. The van der Waals surface area contributed by atoms with E-state index in [-0.39, 0.29) is 0 Å². The first-order chi connectivity index (χ1) is 8.15. The van der Waals surface area contributed by atoms with E-state index in [1.807, 2.05) is 6.92 Å². The number of rotatable bonds is 5. The van der Waals surface area contributed by atoms with Crippen LogP contribution in [-0.4, -0.2) is 23.9 Å². The van der Waals surface area contributed by atoms with Gasteiger partial charge in [-0.25, -0.2) is 4.98 Å². The van der Waals surface area contributed by atoms with Crippen LogP contribution in [0.1, 0.15) is 34.8 Å². The molecular formula is C13H20N2OS. The summed E-state index contributed by atoms with van der Waals surface area (Å²) in [6, 6.07) is 0. The minimum atomic E-state index is 0.339. The van der Waals surface area contributed by atoms with E-state index in [0.717, 1.165) is 30.2 Å². The van der Waals surface area contributed by atoms with Gasteiger partial charge in [0.15, 0.2) is 0 Å². The van der Waals surface area contributed by atoms with Crippen LogP contribution in [0.3, 0.4) is 0 Å². The second kappa shape index (κ2) is 5.74. The van der Waals surface area contributed by atoms with Crippen molar-refractivity contribution in [1.82, 2.24) is 10.3 Å². The topological polar surface area (TPSA) is 42.0 Å². The lowest BCUT2D eigenvalue weighted by molar-refractivity contribution is -0.118. The van der Waals surface area contributed by atoms with Crippen LogP contribution in [0, 0.1) is 19.8 Å². The van der Waals surface area contributed by atoms with E-state index in [4.69, 9.17) is 0 Å². The van der Waals surface area contributed by atoms with Gasteiger partial charge < -0.3 is 5.32 Å². The third-order valence-electron chi connectivity index (χ3n) is 3.42. The average molecular weight is 252 g/mol. The van der Waals surface area contributed by atoms with E-state index < -0.39 is 0 Å². The maximum atomic E-state index is 11.8. The highest BCUT2D eigenvalue weighted by Crippen LogP contribution is 2.19. The Morgan fingerprint density at radius 2 is 2.35 bits per heavy atom. The maximum absolute atomic E-state index is 11.8. The number of carbonyl (C=O) groups excluding carboxylic acids is 1. The number of ketones is 1. The largest absolute Gasteiger partial charge is 0.316 e. The molecule has 0 bridgehead atoms. The van der Waals surface area contributed by atoms with Gasteiger partial charge in [0.1, 0.15) is 10.8 Å². The third kappa shape index (κ3) is 3.61.